The zero-order valence-corrected chi connectivity index (χ0v) is 17.2. The minimum absolute atomic E-state index is 0.0982. The summed E-state index contributed by atoms with van der Waals surface area (Å²) in [6.07, 6.45) is 2.53. The Labute approximate surface area is 183 Å². The van der Waals surface area contributed by atoms with E-state index in [1.54, 1.807) is 24.3 Å². The van der Waals surface area contributed by atoms with Gasteiger partial charge in [-0.25, -0.2) is 4.79 Å². The number of hydrogen-bond acceptors (Lipinski definition) is 7. The topological polar surface area (TPSA) is 185 Å². The summed E-state index contributed by atoms with van der Waals surface area (Å²) in [7, 11) is 0. The standard InChI is InChI=1S/C22H23N5O5/c1-11(20(29)30)8-15(21(31)32)9-16(28)13-5-2-12(3-6-13)4-7-14-10-25-19-17(14)18(23)26-22(24)27-19/h2-3,5-6,10,15H,1,4,7-9H2,(H,29,30)(H,31,32)(H5,23,24,25,26,27). The molecule has 7 N–H and O–H groups in total. The number of carbonyl (C=O) groups is 3. The van der Waals surface area contributed by atoms with E-state index in [9.17, 15) is 19.5 Å². The average molecular weight is 437 g/mol. The second-order valence-electron chi connectivity index (χ2n) is 7.48. The zero-order valence-electron chi connectivity index (χ0n) is 17.2. The molecule has 3 rings (SSSR count). The number of benzene rings is 1. The molecule has 0 amide bonds. The number of rotatable bonds is 10. The number of anilines is 2. The van der Waals surface area contributed by atoms with Gasteiger partial charge in [0.05, 0.1) is 11.3 Å². The Morgan fingerprint density at radius 3 is 2.34 bits per heavy atom. The first-order valence-electron chi connectivity index (χ1n) is 9.80. The molecule has 0 fully saturated rings. The number of aliphatic carboxylic acids is 2. The third-order valence-electron chi connectivity index (χ3n) is 5.19. The van der Waals surface area contributed by atoms with Gasteiger partial charge in [-0.15, -0.1) is 0 Å². The van der Waals surface area contributed by atoms with Crippen LogP contribution in [0.4, 0.5) is 11.8 Å². The predicted octanol–water partition coefficient (Wildman–Crippen LogP) is 2.21. The van der Waals surface area contributed by atoms with Crippen LogP contribution in [0.25, 0.3) is 11.0 Å². The molecule has 10 heteroatoms. The summed E-state index contributed by atoms with van der Waals surface area (Å²) in [5, 5.41) is 18.9. The number of aromatic amines is 1. The highest BCUT2D eigenvalue weighted by Gasteiger charge is 2.24. The van der Waals surface area contributed by atoms with E-state index in [2.05, 4.69) is 21.5 Å². The van der Waals surface area contributed by atoms with Gasteiger partial charge in [0, 0.05) is 23.8 Å². The van der Waals surface area contributed by atoms with Gasteiger partial charge in [-0.05, 0) is 30.4 Å². The molecule has 2 heterocycles. The molecule has 1 aromatic carbocycles. The van der Waals surface area contributed by atoms with Crippen molar-refractivity contribution in [1.29, 1.82) is 0 Å². The maximum absolute atomic E-state index is 12.5. The van der Waals surface area contributed by atoms with E-state index in [4.69, 9.17) is 16.6 Å². The lowest BCUT2D eigenvalue weighted by molar-refractivity contribution is -0.141. The van der Waals surface area contributed by atoms with Crippen LogP contribution in [0.5, 0.6) is 0 Å². The summed E-state index contributed by atoms with van der Waals surface area (Å²) in [6, 6.07) is 6.86. The highest BCUT2D eigenvalue weighted by atomic mass is 16.4. The van der Waals surface area contributed by atoms with Gasteiger partial charge in [0.15, 0.2) is 5.78 Å². The molecule has 3 aromatic rings. The van der Waals surface area contributed by atoms with Crippen molar-refractivity contribution in [2.45, 2.75) is 25.7 Å². The van der Waals surface area contributed by atoms with Gasteiger partial charge in [0.2, 0.25) is 5.95 Å². The minimum Gasteiger partial charge on any atom is -0.481 e. The van der Waals surface area contributed by atoms with E-state index < -0.39 is 17.9 Å². The van der Waals surface area contributed by atoms with Crippen molar-refractivity contribution in [3.05, 3.63) is 59.3 Å². The first-order chi connectivity index (χ1) is 15.2. The lowest BCUT2D eigenvalue weighted by atomic mass is 9.92. The SMILES string of the molecule is C=C(CC(CC(=O)c1ccc(CCc2c[nH]c3nc(N)nc(N)c23)cc1)C(=O)O)C(=O)O. The maximum Gasteiger partial charge on any atom is 0.330 e. The molecule has 2 aromatic heterocycles. The normalized spacial score (nSPS) is 11.9. The van der Waals surface area contributed by atoms with Crippen LogP contribution in [0.2, 0.25) is 0 Å². The quantitative estimate of drug-likeness (QED) is 0.234. The smallest absolute Gasteiger partial charge is 0.330 e. The fourth-order valence-electron chi connectivity index (χ4n) is 3.45. The summed E-state index contributed by atoms with van der Waals surface area (Å²) in [5.74, 6) is -3.62. The molecule has 0 aliphatic rings. The minimum atomic E-state index is -1.28. The Bertz CT molecular complexity index is 1200. The Balaban J connectivity index is 1.64. The van der Waals surface area contributed by atoms with Crippen LogP contribution in [-0.4, -0.2) is 42.9 Å². The second-order valence-corrected chi connectivity index (χ2v) is 7.48. The molecule has 0 aliphatic heterocycles. The number of hydrogen-bond donors (Lipinski definition) is 5. The number of aryl methyl sites for hydroxylation is 2. The molecule has 1 unspecified atom stereocenters. The molecule has 166 valence electrons. The van der Waals surface area contributed by atoms with E-state index in [1.807, 2.05) is 6.20 Å². The number of aromatic nitrogens is 3. The molecule has 0 radical (unpaired) electrons. The summed E-state index contributed by atoms with van der Waals surface area (Å²) >= 11 is 0. The van der Waals surface area contributed by atoms with Crippen molar-refractivity contribution in [2.24, 2.45) is 5.92 Å². The number of H-pyrrole nitrogens is 1. The van der Waals surface area contributed by atoms with Crippen molar-refractivity contribution in [3.8, 4) is 0 Å². The lowest BCUT2D eigenvalue weighted by Crippen LogP contribution is -2.20. The molecule has 0 bridgehead atoms. The molecular weight excluding hydrogens is 414 g/mol. The summed E-state index contributed by atoms with van der Waals surface area (Å²) in [5.41, 5.74) is 14.2. The van der Waals surface area contributed by atoms with Gasteiger partial charge in [0.1, 0.15) is 11.5 Å². The largest absolute Gasteiger partial charge is 0.481 e. The van der Waals surface area contributed by atoms with Gasteiger partial charge in [0.25, 0.3) is 0 Å². The molecule has 0 aliphatic carbocycles. The van der Waals surface area contributed by atoms with Crippen LogP contribution in [0.15, 0.2) is 42.6 Å². The fraction of sp³-hybridized carbons (Fsp3) is 0.227. The number of carbonyl (C=O) groups excluding carboxylic acids is 1. The summed E-state index contributed by atoms with van der Waals surface area (Å²) < 4.78 is 0. The second kappa shape index (κ2) is 9.29. The van der Waals surface area contributed by atoms with Gasteiger partial charge in [-0.1, -0.05) is 30.8 Å². The van der Waals surface area contributed by atoms with Crippen molar-refractivity contribution >= 4 is 40.5 Å². The molecule has 0 spiro atoms. The summed E-state index contributed by atoms with van der Waals surface area (Å²) in [4.78, 5) is 45.9. The lowest BCUT2D eigenvalue weighted by Gasteiger charge is -2.12. The van der Waals surface area contributed by atoms with Crippen LogP contribution in [0.3, 0.4) is 0 Å². The van der Waals surface area contributed by atoms with Crippen LogP contribution in [0.1, 0.15) is 34.3 Å². The van der Waals surface area contributed by atoms with Crippen molar-refractivity contribution in [2.75, 3.05) is 11.5 Å². The predicted molar refractivity (Wildman–Crippen MR) is 118 cm³/mol. The highest BCUT2D eigenvalue weighted by Crippen LogP contribution is 2.24. The molecular formula is C22H23N5O5. The highest BCUT2D eigenvalue weighted by molar-refractivity contribution is 5.98. The van der Waals surface area contributed by atoms with Crippen LogP contribution in [0, 0.1) is 5.92 Å². The fourth-order valence-corrected chi connectivity index (χ4v) is 3.45. The van der Waals surface area contributed by atoms with Crippen molar-refractivity contribution in [3.63, 3.8) is 0 Å². The van der Waals surface area contributed by atoms with Crippen LogP contribution in [-0.2, 0) is 22.4 Å². The number of nitrogens with two attached hydrogens (primary N) is 2. The Morgan fingerprint density at radius 1 is 1.03 bits per heavy atom. The van der Waals surface area contributed by atoms with Crippen LogP contribution < -0.4 is 11.5 Å². The van der Waals surface area contributed by atoms with Gasteiger partial charge in [-0.3, -0.25) is 9.59 Å². The van der Waals surface area contributed by atoms with E-state index in [0.29, 0.717) is 29.9 Å². The number of nitrogens with one attached hydrogen (secondary N) is 1. The molecule has 10 nitrogen and oxygen atoms in total. The monoisotopic (exact) mass is 437 g/mol. The first-order valence-corrected chi connectivity index (χ1v) is 9.80. The number of Topliss-reactive ketones (excluding diaryl/α,β-unsaturated/α-hetero) is 1. The van der Waals surface area contributed by atoms with Gasteiger partial charge in [-0.2, -0.15) is 9.97 Å². The average Bonchev–Trinajstić information content (AvgIpc) is 3.14. The number of carboxylic acid groups (broad SMARTS) is 2. The van der Waals surface area contributed by atoms with Crippen molar-refractivity contribution < 1.29 is 24.6 Å². The number of carboxylic acids is 2. The zero-order chi connectivity index (χ0) is 23.4. The van der Waals surface area contributed by atoms with E-state index in [-0.39, 0.29) is 30.1 Å². The molecule has 0 saturated carbocycles. The number of nitrogens with zero attached hydrogens (tertiary/aromatic N) is 2. The van der Waals surface area contributed by atoms with E-state index in [0.717, 1.165) is 16.5 Å². The summed E-state index contributed by atoms with van der Waals surface area (Å²) in [6.45, 7) is 3.34. The maximum atomic E-state index is 12.5. The Hall–Kier alpha value is -4.21. The molecule has 1 atom stereocenters. The first kappa shape index (κ1) is 22.5. The third kappa shape index (κ3) is 5.09. The Morgan fingerprint density at radius 2 is 1.72 bits per heavy atom. The molecule has 0 saturated heterocycles. The van der Waals surface area contributed by atoms with Gasteiger partial charge >= 0.3 is 11.9 Å². The Kier molecular flexibility index (Phi) is 6.53. The van der Waals surface area contributed by atoms with Crippen LogP contribution >= 0.6 is 0 Å². The van der Waals surface area contributed by atoms with Crippen molar-refractivity contribution in [1.82, 2.24) is 15.0 Å². The number of nitrogen functional groups attached to an aromatic ring is 2. The molecule has 32 heavy (non-hydrogen) atoms. The number of ketones is 1. The van der Waals surface area contributed by atoms with Gasteiger partial charge < -0.3 is 26.7 Å². The third-order valence-corrected chi connectivity index (χ3v) is 5.19. The number of fused-ring (bicyclic) bond motifs is 1. The van der Waals surface area contributed by atoms with E-state index >= 15 is 0 Å². The van der Waals surface area contributed by atoms with E-state index in [1.165, 1.54) is 0 Å².